The van der Waals surface area contributed by atoms with Gasteiger partial charge in [0.05, 0.1) is 13.0 Å². The number of carbonyl (C=O) groups is 2. The van der Waals surface area contributed by atoms with Crippen molar-refractivity contribution in [1.82, 2.24) is 15.5 Å². The number of benzene rings is 1. The van der Waals surface area contributed by atoms with Crippen molar-refractivity contribution >= 4 is 17.8 Å². The van der Waals surface area contributed by atoms with E-state index in [1.165, 1.54) is 12.1 Å². The molecule has 1 atom stereocenters. The van der Waals surface area contributed by atoms with Gasteiger partial charge in [-0.3, -0.25) is 14.6 Å². The van der Waals surface area contributed by atoms with Crippen LogP contribution in [0.2, 0.25) is 0 Å². The van der Waals surface area contributed by atoms with Gasteiger partial charge in [0.2, 0.25) is 11.8 Å². The number of nitrogens with two attached hydrogens (primary N) is 1. The molecule has 1 heterocycles. The summed E-state index contributed by atoms with van der Waals surface area (Å²) >= 11 is 0. The molecule has 154 valence electrons. The number of halogens is 1. The molecule has 7 nitrogen and oxygen atoms in total. The molecule has 8 heteroatoms. The number of guanidine groups is 1. The number of piperidine rings is 1. The Morgan fingerprint density at radius 3 is 2.71 bits per heavy atom. The van der Waals surface area contributed by atoms with Crippen LogP contribution in [0.1, 0.15) is 31.7 Å². The maximum absolute atomic E-state index is 12.9. The highest BCUT2D eigenvalue weighted by Crippen LogP contribution is 2.19. The zero-order chi connectivity index (χ0) is 20.4. The van der Waals surface area contributed by atoms with Crippen molar-refractivity contribution in [2.45, 2.75) is 32.6 Å². The zero-order valence-corrected chi connectivity index (χ0v) is 16.4. The number of primary amides is 1. The minimum Gasteiger partial charge on any atom is -0.370 e. The van der Waals surface area contributed by atoms with Gasteiger partial charge in [0, 0.05) is 32.6 Å². The quantitative estimate of drug-likeness (QED) is 0.350. The van der Waals surface area contributed by atoms with E-state index in [0.717, 1.165) is 44.0 Å². The molecule has 0 radical (unpaired) electrons. The predicted octanol–water partition coefficient (Wildman–Crippen LogP) is 1.04. The minimum atomic E-state index is -0.315. The zero-order valence-electron chi connectivity index (χ0n) is 16.4. The van der Waals surface area contributed by atoms with Gasteiger partial charge in [-0.1, -0.05) is 12.1 Å². The van der Waals surface area contributed by atoms with E-state index in [-0.39, 0.29) is 30.0 Å². The Hall–Kier alpha value is -2.64. The maximum Gasteiger partial charge on any atom is 0.224 e. The fourth-order valence-corrected chi connectivity index (χ4v) is 3.34. The van der Waals surface area contributed by atoms with E-state index in [1.54, 1.807) is 12.1 Å². The average Bonchev–Trinajstić information content (AvgIpc) is 2.66. The van der Waals surface area contributed by atoms with Gasteiger partial charge in [-0.05, 0) is 43.4 Å². The monoisotopic (exact) mass is 391 g/mol. The maximum atomic E-state index is 12.9. The molecule has 1 aliphatic rings. The number of aliphatic imine (C=N–C) groups is 1. The number of hydrogen-bond donors (Lipinski definition) is 3. The number of amides is 2. The van der Waals surface area contributed by atoms with Crippen molar-refractivity contribution in [2.24, 2.45) is 16.6 Å². The van der Waals surface area contributed by atoms with Crippen LogP contribution >= 0.6 is 0 Å². The number of carbonyl (C=O) groups excluding carboxylic acids is 2. The molecule has 0 bridgehead atoms. The van der Waals surface area contributed by atoms with Gasteiger partial charge in [-0.15, -0.1) is 0 Å². The Kier molecular flexibility index (Phi) is 8.71. The fraction of sp³-hybridized carbons (Fsp3) is 0.550. The lowest BCUT2D eigenvalue weighted by atomic mass is 9.95. The first-order valence-corrected chi connectivity index (χ1v) is 9.80. The van der Waals surface area contributed by atoms with Crippen LogP contribution in [0.3, 0.4) is 0 Å². The van der Waals surface area contributed by atoms with E-state index in [4.69, 9.17) is 5.73 Å². The van der Waals surface area contributed by atoms with E-state index >= 15 is 0 Å². The van der Waals surface area contributed by atoms with Gasteiger partial charge in [0.15, 0.2) is 5.96 Å². The molecule has 1 fully saturated rings. The molecular formula is C20H30FN5O2. The standard InChI is InChI=1S/C20H30FN5O2/c1-2-23-20(26-11-3-4-16(14-26)12-18(22)27)25-10-9-24-19(28)13-15-5-7-17(21)8-6-15/h5-8,16H,2-4,9-14H2,1H3,(H2,22,27)(H,23,25)(H,24,28). The third-order valence-electron chi connectivity index (χ3n) is 4.62. The van der Waals surface area contributed by atoms with Gasteiger partial charge in [0.25, 0.3) is 0 Å². The van der Waals surface area contributed by atoms with Gasteiger partial charge in [-0.25, -0.2) is 4.39 Å². The predicted molar refractivity (Wildman–Crippen MR) is 107 cm³/mol. The van der Waals surface area contributed by atoms with Crippen LogP contribution in [0.25, 0.3) is 0 Å². The summed E-state index contributed by atoms with van der Waals surface area (Å²) in [4.78, 5) is 29.9. The normalized spacial score (nSPS) is 17.3. The molecule has 1 unspecified atom stereocenters. The van der Waals surface area contributed by atoms with Crippen LogP contribution in [0, 0.1) is 11.7 Å². The lowest BCUT2D eigenvalue weighted by Gasteiger charge is -2.34. The summed E-state index contributed by atoms with van der Waals surface area (Å²) in [7, 11) is 0. The van der Waals surface area contributed by atoms with Gasteiger partial charge >= 0.3 is 0 Å². The molecule has 2 rings (SSSR count). The Bertz CT molecular complexity index is 678. The Morgan fingerprint density at radius 2 is 2.04 bits per heavy atom. The Morgan fingerprint density at radius 1 is 1.29 bits per heavy atom. The molecule has 1 aromatic rings. The summed E-state index contributed by atoms with van der Waals surface area (Å²) in [5.74, 6) is 0.351. The number of nitrogens with zero attached hydrogens (tertiary/aromatic N) is 2. The van der Waals surface area contributed by atoms with E-state index in [0.29, 0.717) is 19.5 Å². The molecule has 2 amide bonds. The fourth-order valence-electron chi connectivity index (χ4n) is 3.34. The smallest absolute Gasteiger partial charge is 0.224 e. The summed E-state index contributed by atoms with van der Waals surface area (Å²) < 4.78 is 12.9. The summed E-state index contributed by atoms with van der Waals surface area (Å²) in [5, 5.41) is 6.10. The molecule has 0 aromatic heterocycles. The lowest BCUT2D eigenvalue weighted by Crippen LogP contribution is -2.47. The van der Waals surface area contributed by atoms with Crippen molar-refractivity contribution in [3.8, 4) is 0 Å². The summed E-state index contributed by atoms with van der Waals surface area (Å²) in [5.41, 5.74) is 6.10. The second kappa shape index (κ2) is 11.3. The minimum absolute atomic E-state index is 0.119. The number of hydrogen-bond acceptors (Lipinski definition) is 3. The topological polar surface area (TPSA) is 99.8 Å². The third-order valence-corrected chi connectivity index (χ3v) is 4.62. The van der Waals surface area contributed by atoms with Crippen LogP contribution in [0.4, 0.5) is 4.39 Å². The second-order valence-electron chi connectivity index (χ2n) is 7.01. The molecule has 4 N–H and O–H groups in total. The van der Waals surface area contributed by atoms with Crippen molar-refractivity contribution < 1.29 is 14.0 Å². The SMILES string of the molecule is CCNC(=NCCNC(=O)Cc1ccc(F)cc1)N1CCCC(CC(N)=O)C1. The Balaban J connectivity index is 1.80. The number of likely N-dealkylation sites (tertiary alicyclic amines) is 1. The van der Waals surface area contributed by atoms with Crippen molar-refractivity contribution in [3.63, 3.8) is 0 Å². The molecular weight excluding hydrogens is 361 g/mol. The van der Waals surface area contributed by atoms with Crippen LogP contribution in [-0.2, 0) is 16.0 Å². The number of nitrogens with one attached hydrogen (secondary N) is 2. The van der Waals surface area contributed by atoms with Crippen LogP contribution in [0.5, 0.6) is 0 Å². The first-order chi connectivity index (χ1) is 13.5. The van der Waals surface area contributed by atoms with Crippen molar-refractivity contribution in [2.75, 3.05) is 32.7 Å². The second-order valence-corrected chi connectivity index (χ2v) is 7.01. The summed E-state index contributed by atoms with van der Waals surface area (Å²) in [6.07, 6.45) is 2.61. The van der Waals surface area contributed by atoms with Crippen LogP contribution in [0.15, 0.2) is 29.3 Å². The van der Waals surface area contributed by atoms with E-state index in [9.17, 15) is 14.0 Å². The highest BCUT2D eigenvalue weighted by atomic mass is 19.1. The van der Waals surface area contributed by atoms with Crippen molar-refractivity contribution in [1.29, 1.82) is 0 Å². The van der Waals surface area contributed by atoms with Gasteiger partial charge < -0.3 is 21.3 Å². The van der Waals surface area contributed by atoms with Crippen LogP contribution in [-0.4, -0.2) is 55.4 Å². The number of rotatable bonds is 8. The van der Waals surface area contributed by atoms with Gasteiger partial charge in [-0.2, -0.15) is 0 Å². The van der Waals surface area contributed by atoms with E-state index in [2.05, 4.69) is 20.5 Å². The molecule has 0 saturated carbocycles. The molecule has 1 saturated heterocycles. The highest BCUT2D eigenvalue weighted by Gasteiger charge is 2.23. The highest BCUT2D eigenvalue weighted by molar-refractivity contribution is 5.81. The molecule has 28 heavy (non-hydrogen) atoms. The average molecular weight is 391 g/mol. The molecule has 0 spiro atoms. The lowest BCUT2D eigenvalue weighted by molar-refractivity contribution is -0.120. The van der Waals surface area contributed by atoms with E-state index in [1.807, 2.05) is 6.92 Å². The Labute approximate surface area is 165 Å². The largest absolute Gasteiger partial charge is 0.370 e. The van der Waals surface area contributed by atoms with Crippen LogP contribution < -0.4 is 16.4 Å². The van der Waals surface area contributed by atoms with Gasteiger partial charge in [0.1, 0.15) is 5.82 Å². The first-order valence-electron chi connectivity index (χ1n) is 9.80. The molecule has 1 aliphatic heterocycles. The molecule has 1 aromatic carbocycles. The third kappa shape index (κ3) is 7.54. The summed E-state index contributed by atoms with van der Waals surface area (Å²) in [6, 6.07) is 5.91. The summed E-state index contributed by atoms with van der Waals surface area (Å²) in [6.45, 7) is 5.27. The van der Waals surface area contributed by atoms with Crippen molar-refractivity contribution in [3.05, 3.63) is 35.6 Å². The first kappa shape index (κ1) is 21.7. The van der Waals surface area contributed by atoms with E-state index < -0.39 is 0 Å². The molecule has 0 aliphatic carbocycles.